The minimum Gasteiger partial charge on any atom is -0.321 e. The topological polar surface area (TPSA) is 57.5 Å². The molecule has 0 aliphatic carbocycles. The highest BCUT2D eigenvalue weighted by Gasteiger charge is 2.03. The van der Waals surface area contributed by atoms with E-state index in [4.69, 9.17) is 9.79 Å². The third-order valence-corrected chi connectivity index (χ3v) is 3.34. The molecule has 0 atom stereocenters. The summed E-state index contributed by atoms with van der Waals surface area (Å²) in [4.78, 5) is 17.4. The van der Waals surface area contributed by atoms with Gasteiger partial charge in [-0.25, -0.2) is 0 Å². The van der Waals surface area contributed by atoms with Crippen LogP contribution in [0.4, 0.5) is 0 Å². The highest BCUT2D eigenvalue weighted by Crippen LogP contribution is 2.35. The van der Waals surface area contributed by atoms with E-state index in [0.717, 1.165) is 37.1 Å². The summed E-state index contributed by atoms with van der Waals surface area (Å²) in [6.07, 6.45) is 11.7. The van der Waals surface area contributed by atoms with Crippen LogP contribution < -0.4 is 0 Å². The van der Waals surface area contributed by atoms with Gasteiger partial charge in [-0.05, 0) is 53.4 Å². The van der Waals surface area contributed by atoms with Crippen LogP contribution in [-0.2, 0) is 4.57 Å². The van der Waals surface area contributed by atoms with Crippen LogP contribution >= 0.6 is 7.60 Å². The van der Waals surface area contributed by atoms with Crippen LogP contribution in [0.5, 0.6) is 0 Å². The minimum absolute atomic E-state index is 0.908. The maximum absolute atomic E-state index is 10.6. The largest absolute Gasteiger partial charge is 0.349 e. The van der Waals surface area contributed by atoms with Crippen molar-refractivity contribution in [2.24, 2.45) is 0 Å². The molecule has 0 aliphatic heterocycles. The Bertz CT molecular complexity index is 446. The van der Waals surface area contributed by atoms with E-state index < -0.39 is 7.60 Å². The average molecular weight is 298 g/mol. The number of rotatable bonds is 8. The Hall–Kier alpha value is -0.890. The molecule has 0 saturated carbocycles. The van der Waals surface area contributed by atoms with Crippen LogP contribution in [0.1, 0.15) is 53.4 Å². The molecule has 0 rings (SSSR count). The predicted octanol–water partition coefficient (Wildman–Crippen LogP) is 5.10. The van der Waals surface area contributed by atoms with E-state index in [9.17, 15) is 4.57 Å². The summed E-state index contributed by atoms with van der Waals surface area (Å²) in [5.74, 6) is 0.928. The summed E-state index contributed by atoms with van der Waals surface area (Å²) in [6, 6.07) is 0. The molecule has 20 heavy (non-hydrogen) atoms. The van der Waals surface area contributed by atoms with Crippen molar-refractivity contribution in [3.8, 4) is 0 Å². The maximum atomic E-state index is 10.6. The van der Waals surface area contributed by atoms with E-state index >= 15 is 0 Å². The van der Waals surface area contributed by atoms with Crippen molar-refractivity contribution in [3.63, 3.8) is 0 Å². The molecule has 3 nitrogen and oxygen atoms in total. The Labute approximate surface area is 123 Å². The van der Waals surface area contributed by atoms with Crippen LogP contribution in [0.3, 0.4) is 0 Å². The van der Waals surface area contributed by atoms with Crippen LogP contribution in [0.2, 0.25) is 0 Å². The van der Waals surface area contributed by atoms with Gasteiger partial charge in [0.15, 0.2) is 0 Å². The van der Waals surface area contributed by atoms with Crippen LogP contribution in [0.25, 0.3) is 0 Å². The zero-order valence-electron chi connectivity index (χ0n) is 13.0. The first-order valence-corrected chi connectivity index (χ1v) is 8.58. The standard InChI is InChI=1S/C16H27O3P/c1-14(2)8-5-9-15(3)10-6-11-16(4)12-7-13-20(17,18)19/h7-8,10,12-13H,5-6,9,11H2,1-4H3,(H2,17,18,19)/b13-7+,15-10?,16-12+. The fourth-order valence-electron chi connectivity index (χ4n) is 1.64. The SMILES string of the molecule is CC(C)=CCCC(C)=CCC/C(C)=C/C=C/P(=O)(O)O. The van der Waals surface area contributed by atoms with E-state index in [-0.39, 0.29) is 0 Å². The fraction of sp³-hybridized carbons (Fsp3) is 0.500. The molecule has 0 unspecified atom stereocenters. The number of hydrogen-bond acceptors (Lipinski definition) is 1. The second kappa shape index (κ2) is 9.93. The van der Waals surface area contributed by atoms with Crippen LogP contribution in [0, 0.1) is 0 Å². The Kier molecular flexibility index (Phi) is 9.49. The van der Waals surface area contributed by atoms with Gasteiger partial charge in [0.25, 0.3) is 0 Å². The first-order valence-electron chi connectivity index (χ1n) is 6.90. The third kappa shape index (κ3) is 13.5. The molecule has 114 valence electrons. The zero-order chi connectivity index (χ0) is 15.6. The number of allylic oxidation sites excluding steroid dienone is 7. The molecule has 0 aromatic carbocycles. The van der Waals surface area contributed by atoms with Gasteiger partial charge in [0.1, 0.15) is 0 Å². The van der Waals surface area contributed by atoms with Gasteiger partial charge < -0.3 is 9.79 Å². The summed E-state index contributed by atoms with van der Waals surface area (Å²) in [5, 5.41) is 0. The van der Waals surface area contributed by atoms with Crippen LogP contribution in [0.15, 0.2) is 46.8 Å². The van der Waals surface area contributed by atoms with Gasteiger partial charge in [-0.3, -0.25) is 4.57 Å². The molecule has 2 N–H and O–H groups in total. The molecular weight excluding hydrogens is 271 g/mol. The lowest BCUT2D eigenvalue weighted by molar-refractivity contribution is 0.386. The Morgan fingerprint density at radius 1 is 0.950 bits per heavy atom. The Morgan fingerprint density at radius 3 is 2.05 bits per heavy atom. The van der Waals surface area contributed by atoms with Gasteiger partial charge in [0, 0.05) is 5.82 Å². The second-order valence-corrected chi connectivity index (χ2v) is 6.83. The second-order valence-electron chi connectivity index (χ2n) is 5.35. The summed E-state index contributed by atoms with van der Waals surface area (Å²) < 4.78 is 10.6. The molecular formula is C16H27O3P. The molecule has 0 fully saturated rings. The summed E-state index contributed by atoms with van der Waals surface area (Å²) in [5.41, 5.74) is 3.86. The van der Waals surface area contributed by atoms with Crippen molar-refractivity contribution < 1.29 is 14.4 Å². The monoisotopic (exact) mass is 298 g/mol. The lowest BCUT2D eigenvalue weighted by atomic mass is 10.1. The molecule has 0 radical (unpaired) electrons. The van der Waals surface area contributed by atoms with Gasteiger partial charge in [-0.2, -0.15) is 0 Å². The van der Waals surface area contributed by atoms with Crippen molar-refractivity contribution in [1.29, 1.82) is 0 Å². The summed E-state index contributed by atoms with van der Waals surface area (Å²) >= 11 is 0. The third-order valence-electron chi connectivity index (χ3n) is 2.78. The van der Waals surface area contributed by atoms with Gasteiger partial charge in [-0.1, -0.05) is 41.0 Å². The molecule has 0 saturated heterocycles. The lowest BCUT2D eigenvalue weighted by Gasteiger charge is -2.00. The predicted molar refractivity (Wildman–Crippen MR) is 86.6 cm³/mol. The van der Waals surface area contributed by atoms with E-state index in [1.165, 1.54) is 17.2 Å². The Morgan fingerprint density at radius 2 is 1.50 bits per heavy atom. The molecule has 0 spiro atoms. The van der Waals surface area contributed by atoms with Crippen molar-refractivity contribution in [2.45, 2.75) is 53.4 Å². The molecule has 4 heteroatoms. The summed E-state index contributed by atoms with van der Waals surface area (Å²) in [6.45, 7) is 8.33. The maximum Gasteiger partial charge on any atom is 0.349 e. The van der Waals surface area contributed by atoms with E-state index in [0.29, 0.717) is 0 Å². The number of hydrogen-bond donors (Lipinski definition) is 2. The van der Waals surface area contributed by atoms with Gasteiger partial charge in [0.2, 0.25) is 0 Å². The zero-order valence-corrected chi connectivity index (χ0v) is 13.9. The van der Waals surface area contributed by atoms with Crippen molar-refractivity contribution in [2.75, 3.05) is 0 Å². The van der Waals surface area contributed by atoms with Crippen molar-refractivity contribution in [1.82, 2.24) is 0 Å². The average Bonchev–Trinajstić information content (AvgIpc) is 2.26. The van der Waals surface area contributed by atoms with E-state index in [1.54, 1.807) is 6.08 Å². The summed E-state index contributed by atoms with van der Waals surface area (Å²) in [7, 11) is -4.03. The smallest absolute Gasteiger partial charge is 0.321 e. The molecule has 0 bridgehead atoms. The van der Waals surface area contributed by atoms with Crippen LogP contribution in [-0.4, -0.2) is 9.79 Å². The molecule has 0 aromatic rings. The van der Waals surface area contributed by atoms with Crippen molar-refractivity contribution in [3.05, 3.63) is 46.8 Å². The molecule has 0 aromatic heterocycles. The van der Waals surface area contributed by atoms with Gasteiger partial charge in [-0.15, -0.1) is 0 Å². The normalized spacial score (nSPS) is 13.9. The van der Waals surface area contributed by atoms with E-state index in [2.05, 4.69) is 32.9 Å². The lowest BCUT2D eigenvalue weighted by Crippen LogP contribution is -1.80. The molecule has 0 aliphatic rings. The van der Waals surface area contributed by atoms with Crippen molar-refractivity contribution >= 4 is 7.60 Å². The quantitative estimate of drug-likeness (QED) is 0.372. The molecule has 0 heterocycles. The Balaban J connectivity index is 4.09. The fourth-order valence-corrected chi connectivity index (χ4v) is 1.95. The first-order chi connectivity index (χ1) is 9.20. The first kappa shape index (κ1) is 19.1. The minimum atomic E-state index is -4.03. The highest BCUT2D eigenvalue weighted by atomic mass is 31.2. The highest BCUT2D eigenvalue weighted by molar-refractivity contribution is 7.55. The van der Waals surface area contributed by atoms with Gasteiger partial charge in [0.05, 0.1) is 0 Å². The van der Waals surface area contributed by atoms with Gasteiger partial charge >= 0.3 is 7.60 Å². The van der Waals surface area contributed by atoms with E-state index in [1.807, 2.05) is 6.92 Å². The molecule has 0 amide bonds.